The van der Waals surface area contributed by atoms with Crippen molar-refractivity contribution in [1.82, 2.24) is 5.32 Å². The Kier molecular flexibility index (Phi) is 6.81. The van der Waals surface area contributed by atoms with Gasteiger partial charge in [0, 0.05) is 31.0 Å². The lowest BCUT2D eigenvalue weighted by Gasteiger charge is -2.17. The molecule has 2 heterocycles. The molecule has 27 heavy (non-hydrogen) atoms. The minimum Gasteiger partial charge on any atom is -0.494 e. The molecule has 0 radical (unpaired) electrons. The van der Waals surface area contributed by atoms with Gasteiger partial charge in [0.25, 0.3) is 0 Å². The van der Waals surface area contributed by atoms with Crippen LogP contribution in [0.25, 0.3) is 0 Å². The largest absolute Gasteiger partial charge is 0.494 e. The number of ether oxygens (including phenoxy) is 1. The number of carbonyl (C=O) groups excluding carboxylic acids is 2. The maximum atomic E-state index is 12.4. The number of rotatable bonds is 9. The van der Waals surface area contributed by atoms with Gasteiger partial charge in [-0.3, -0.25) is 9.59 Å². The van der Waals surface area contributed by atoms with Gasteiger partial charge in [-0.05, 0) is 43.3 Å². The van der Waals surface area contributed by atoms with Crippen molar-refractivity contribution < 1.29 is 18.7 Å². The second-order valence-electron chi connectivity index (χ2n) is 6.26. The Morgan fingerprint density at radius 3 is 2.85 bits per heavy atom. The summed E-state index contributed by atoms with van der Waals surface area (Å²) < 4.78 is 10.7. The molecule has 1 aliphatic heterocycles. The minimum atomic E-state index is -0.306. The van der Waals surface area contributed by atoms with Gasteiger partial charge in [0.05, 0.1) is 24.5 Å². The highest BCUT2D eigenvalue weighted by molar-refractivity contribution is 7.98. The van der Waals surface area contributed by atoms with Gasteiger partial charge in [-0.1, -0.05) is 0 Å². The number of carbonyl (C=O) groups is 2. The third-order valence-electron chi connectivity index (χ3n) is 4.33. The van der Waals surface area contributed by atoms with Crippen molar-refractivity contribution in [2.75, 3.05) is 30.3 Å². The molecule has 6 nitrogen and oxygen atoms in total. The fourth-order valence-electron chi connectivity index (χ4n) is 2.98. The average molecular weight is 388 g/mol. The number of benzene rings is 1. The van der Waals surface area contributed by atoms with Crippen LogP contribution in [-0.2, 0) is 15.3 Å². The summed E-state index contributed by atoms with van der Waals surface area (Å²) in [4.78, 5) is 26.3. The Bertz CT molecular complexity index is 746. The Morgan fingerprint density at radius 1 is 1.33 bits per heavy atom. The number of nitrogens with one attached hydrogen (secondary N) is 1. The summed E-state index contributed by atoms with van der Waals surface area (Å²) in [5.74, 6) is 2.90. The Balaban J connectivity index is 1.42. The molecule has 0 bridgehead atoms. The molecule has 1 aliphatic rings. The van der Waals surface area contributed by atoms with Crippen LogP contribution in [0, 0.1) is 5.92 Å². The smallest absolute Gasteiger partial charge is 0.227 e. The molecular weight excluding hydrogens is 364 g/mol. The van der Waals surface area contributed by atoms with E-state index in [9.17, 15) is 9.59 Å². The lowest BCUT2D eigenvalue weighted by atomic mass is 10.1. The highest BCUT2D eigenvalue weighted by Crippen LogP contribution is 2.27. The first-order chi connectivity index (χ1) is 13.2. The zero-order valence-electron chi connectivity index (χ0n) is 15.3. The van der Waals surface area contributed by atoms with E-state index in [-0.39, 0.29) is 24.2 Å². The third kappa shape index (κ3) is 5.29. The average Bonchev–Trinajstić information content (AvgIpc) is 3.32. The van der Waals surface area contributed by atoms with Crippen LogP contribution in [0.15, 0.2) is 47.1 Å². The number of anilines is 1. The van der Waals surface area contributed by atoms with E-state index in [2.05, 4.69) is 5.32 Å². The molecule has 2 aromatic rings. The van der Waals surface area contributed by atoms with Crippen molar-refractivity contribution in [1.29, 1.82) is 0 Å². The van der Waals surface area contributed by atoms with Crippen molar-refractivity contribution in [3.63, 3.8) is 0 Å². The number of thioether (sulfide) groups is 1. The summed E-state index contributed by atoms with van der Waals surface area (Å²) in [6.45, 7) is 3.52. The molecular formula is C20H24N2O4S. The highest BCUT2D eigenvalue weighted by atomic mass is 32.2. The van der Waals surface area contributed by atoms with Crippen molar-refractivity contribution in [2.45, 2.75) is 19.1 Å². The van der Waals surface area contributed by atoms with E-state index in [1.807, 2.05) is 43.3 Å². The molecule has 2 amide bonds. The molecule has 7 heteroatoms. The van der Waals surface area contributed by atoms with Gasteiger partial charge < -0.3 is 19.4 Å². The molecule has 0 spiro atoms. The van der Waals surface area contributed by atoms with Gasteiger partial charge in [-0.2, -0.15) is 11.8 Å². The molecule has 1 saturated heterocycles. The molecule has 3 rings (SSSR count). The van der Waals surface area contributed by atoms with E-state index < -0.39 is 0 Å². The number of amides is 2. The van der Waals surface area contributed by atoms with Crippen molar-refractivity contribution in [3.05, 3.63) is 48.4 Å². The summed E-state index contributed by atoms with van der Waals surface area (Å²) in [5.41, 5.74) is 0.799. The standard InChI is InChI=1S/C20H24N2O4S/c1-2-25-17-7-5-16(6-8-17)22-13-15(12-19(22)23)20(24)21-9-11-27-14-18-4-3-10-26-18/h3-8,10,15H,2,9,11-14H2,1H3,(H,21,24). The van der Waals surface area contributed by atoms with E-state index in [0.29, 0.717) is 19.7 Å². The Labute approximate surface area is 163 Å². The van der Waals surface area contributed by atoms with Crippen LogP contribution in [0.1, 0.15) is 19.1 Å². The van der Waals surface area contributed by atoms with Gasteiger partial charge in [0.15, 0.2) is 0 Å². The predicted octanol–water partition coefficient (Wildman–Crippen LogP) is 3.08. The van der Waals surface area contributed by atoms with E-state index in [4.69, 9.17) is 9.15 Å². The lowest BCUT2D eigenvalue weighted by Crippen LogP contribution is -2.34. The number of hydrogen-bond acceptors (Lipinski definition) is 5. The lowest BCUT2D eigenvalue weighted by molar-refractivity contribution is -0.126. The maximum absolute atomic E-state index is 12.4. The molecule has 1 aromatic carbocycles. The quantitative estimate of drug-likeness (QED) is 0.669. The van der Waals surface area contributed by atoms with Crippen LogP contribution in [0.4, 0.5) is 5.69 Å². The molecule has 144 valence electrons. The van der Waals surface area contributed by atoms with Gasteiger partial charge in [-0.25, -0.2) is 0 Å². The van der Waals surface area contributed by atoms with Crippen molar-refractivity contribution in [3.8, 4) is 5.75 Å². The number of furan rings is 1. The summed E-state index contributed by atoms with van der Waals surface area (Å²) in [5, 5.41) is 2.93. The van der Waals surface area contributed by atoms with E-state index in [1.165, 1.54) is 0 Å². The Morgan fingerprint density at radius 2 is 2.15 bits per heavy atom. The third-order valence-corrected chi connectivity index (χ3v) is 5.31. The van der Waals surface area contributed by atoms with Crippen LogP contribution in [0.2, 0.25) is 0 Å². The normalized spacial score (nSPS) is 16.6. The summed E-state index contributed by atoms with van der Waals surface area (Å²) >= 11 is 1.70. The van der Waals surface area contributed by atoms with Gasteiger partial charge in [-0.15, -0.1) is 0 Å². The van der Waals surface area contributed by atoms with E-state index >= 15 is 0 Å². The van der Waals surface area contributed by atoms with E-state index in [1.54, 1.807) is 22.9 Å². The first kappa shape index (κ1) is 19.4. The molecule has 1 N–H and O–H groups in total. The zero-order valence-corrected chi connectivity index (χ0v) is 16.2. The number of hydrogen-bond donors (Lipinski definition) is 1. The minimum absolute atomic E-state index is 0.0218. The second-order valence-corrected chi connectivity index (χ2v) is 7.36. The SMILES string of the molecule is CCOc1ccc(N2CC(C(=O)NCCSCc3ccco3)CC2=O)cc1. The molecule has 1 atom stereocenters. The first-order valence-electron chi connectivity index (χ1n) is 9.08. The highest BCUT2D eigenvalue weighted by Gasteiger charge is 2.34. The molecule has 0 aliphatic carbocycles. The number of nitrogens with zero attached hydrogens (tertiary/aromatic N) is 1. The van der Waals surface area contributed by atoms with Crippen LogP contribution in [0.3, 0.4) is 0 Å². The van der Waals surface area contributed by atoms with Gasteiger partial charge >= 0.3 is 0 Å². The summed E-state index contributed by atoms with van der Waals surface area (Å²) in [6.07, 6.45) is 1.91. The van der Waals surface area contributed by atoms with Crippen LogP contribution in [-0.4, -0.2) is 37.3 Å². The van der Waals surface area contributed by atoms with Crippen molar-refractivity contribution >= 4 is 29.3 Å². The molecule has 1 unspecified atom stereocenters. The Hall–Kier alpha value is -2.41. The maximum Gasteiger partial charge on any atom is 0.227 e. The predicted molar refractivity (Wildman–Crippen MR) is 106 cm³/mol. The second kappa shape index (κ2) is 9.50. The van der Waals surface area contributed by atoms with Crippen LogP contribution in [0.5, 0.6) is 5.75 Å². The topological polar surface area (TPSA) is 71.8 Å². The summed E-state index contributed by atoms with van der Waals surface area (Å²) in [6, 6.07) is 11.2. The molecule has 1 aromatic heterocycles. The van der Waals surface area contributed by atoms with Crippen LogP contribution < -0.4 is 15.0 Å². The van der Waals surface area contributed by atoms with Crippen LogP contribution >= 0.6 is 11.8 Å². The zero-order chi connectivity index (χ0) is 19.1. The monoisotopic (exact) mass is 388 g/mol. The molecule has 0 saturated carbocycles. The van der Waals surface area contributed by atoms with Gasteiger partial charge in [0.2, 0.25) is 11.8 Å². The molecule has 1 fully saturated rings. The fraction of sp³-hybridized carbons (Fsp3) is 0.400. The van der Waals surface area contributed by atoms with Crippen molar-refractivity contribution in [2.24, 2.45) is 5.92 Å². The fourth-order valence-corrected chi connectivity index (χ4v) is 3.74. The first-order valence-corrected chi connectivity index (χ1v) is 10.2. The van der Waals surface area contributed by atoms with Gasteiger partial charge in [0.1, 0.15) is 11.5 Å². The summed E-state index contributed by atoms with van der Waals surface area (Å²) in [7, 11) is 0. The van der Waals surface area contributed by atoms with E-state index in [0.717, 1.165) is 28.7 Å².